The summed E-state index contributed by atoms with van der Waals surface area (Å²) < 4.78 is 11.9. The molecule has 3 amide bonds. The molecular weight excluding hydrogens is 542 g/mol. The van der Waals surface area contributed by atoms with Crippen LogP contribution >= 0.6 is 0 Å². The highest BCUT2D eigenvalue weighted by Crippen LogP contribution is 2.34. The van der Waals surface area contributed by atoms with Crippen LogP contribution in [-0.2, 0) is 0 Å². The summed E-state index contributed by atoms with van der Waals surface area (Å²) in [5.74, 6) is 1.47. The Kier molecular flexibility index (Phi) is 11.7. The van der Waals surface area contributed by atoms with E-state index in [1.54, 1.807) is 42.5 Å². The topological polar surface area (TPSA) is 104 Å². The zero-order valence-corrected chi connectivity index (χ0v) is 25.7. The molecular formula is C34H45N5O4. The van der Waals surface area contributed by atoms with Gasteiger partial charge >= 0.3 is 6.03 Å². The quantitative estimate of drug-likeness (QED) is 0.171. The first kappa shape index (κ1) is 31.7. The maximum absolute atomic E-state index is 12.9. The number of hydrogen-bond acceptors (Lipinski definition) is 6. The largest absolute Gasteiger partial charge is 0.490 e. The van der Waals surface area contributed by atoms with Crippen molar-refractivity contribution in [3.8, 4) is 17.2 Å². The maximum atomic E-state index is 12.9. The molecule has 43 heavy (non-hydrogen) atoms. The Morgan fingerprint density at radius 2 is 1.53 bits per heavy atom. The van der Waals surface area contributed by atoms with Crippen molar-refractivity contribution in [3.05, 3.63) is 72.3 Å². The highest BCUT2D eigenvalue weighted by atomic mass is 16.5. The molecule has 1 fully saturated rings. The number of piperidine rings is 1. The van der Waals surface area contributed by atoms with E-state index in [-0.39, 0.29) is 18.0 Å². The predicted octanol–water partition coefficient (Wildman–Crippen LogP) is 7.02. The number of amides is 3. The molecule has 0 saturated carbocycles. The van der Waals surface area contributed by atoms with Crippen molar-refractivity contribution in [1.82, 2.24) is 10.6 Å². The Morgan fingerprint density at radius 1 is 0.860 bits per heavy atom. The lowest BCUT2D eigenvalue weighted by Crippen LogP contribution is -2.43. The first-order chi connectivity index (χ1) is 20.9. The van der Waals surface area contributed by atoms with Gasteiger partial charge in [-0.1, -0.05) is 13.8 Å². The second-order valence-corrected chi connectivity index (χ2v) is 10.6. The number of hydrogen-bond donors (Lipinski definition) is 4. The molecule has 9 heteroatoms. The van der Waals surface area contributed by atoms with Crippen molar-refractivity contribution in [3.63, 3.8) is 0 Å². The molecule has 1 aliphatic rings. The first-order valence-corrected chi connectivity index (χ1v) is 15.4. The smallest absolute Gasteiger partial charge is 0.319 e. The maximum Gasteiger partial charge on any atom is 0.319 e. The Bertz CT molecular complexity index is 1320. The predicted molar refractivity (Wildman–Crippen MR) is 174 cm³/mol. The van der Waals surface area contributed by atoms with Crippen molar-refractivity contribution < 1.29 is 19.1 Å². The van der Waals surface area contributed by atoms with Gasteiger partial charge in [0.1, 0.15) is 5.75 Å². The molecule has 0 bridgehead atoms. The molecule has 0 unspecified atom stereocenters. The van der Waals surface area contributed by atoms with Crippen LogP contribution in [0.25, 0.3) is 0 Å². The van der Waals surface area contributed by atoms with Gasteiger partial charge in [-0.15, -0.1) is 0 Å². The molecule has 0 atom stereocenters. The molecule has 1 saturated heterocycles. The van der Waals surface area contributed by atoms with Crippen LogP contribution in [0.15, 0.2) is 66.7 Å². The van der Waals surface area contributed by atoms with Gasteiger partial charge in [0.05, 0.1) is 6.61 Å². The van der Waals surface area contributed by atoms with Crippen LogP contribution < -0.4 is 35.6 Å². The summed E-state index contributed by atoms with van der Waals surface area (Å²) in [4.78, 5) is 27.7. The third-order valence-electron chi connectivity index (χ3n) is 7.71. The van der Waals surface area contributed by atoms with Gasteiger partial charge in [0.15, 0.2) is 11.5 Å². The summed E-state index contributed by atoms with van der Waals surface area (Å²) in [6, 6.07) is 20.7. The summed E-state index contributed by atoms with van der Waals surface area (Å²) in [6.07, 6.45) is 3.99. The minimum atomic E-state index is -0.251. The van der Waals surface area contributed by atoms with E-state index in [1.165, 1.54) is 0 Å². The highest BCUT2D eigenvalue weighted by molar-refractivity contribution is 6.04. The van der Waals surface area contributed by atoms with Crippen molar-refractivity contribution in [2.75, 3.05) is 41.8 Å². The zero-order valence-electron chi connectivity index (χ0n) is 25.7. The Morgan fingerprint density at radius 3 is 2.16 bits per heavy atom. The van der Waals surface area contributed by atoms with E-state index >= 15 is 0 Å². The van der Waals surface area contributed by atoms with Crippen LogP contribution in [0.5, 0.6) is 17.2 Å². The summed E-state index contributed by atoms with van der Waals surface area (Å²) in [5.41, 5.74) is 3.03. The van der Waals surface area contributed by atoms with Crippen LogP contribution in [0.2, 0.25) is 0 Å². The van der Waals surface area contributed by atoms with Crippen LogP contribution in [-0.4, -0.2) is 50.3 Å². The standard InChI is InChI=1S/C34H45N5O4/c1-5-25(6-2)37-34(41)38-27-13-18-31(32(23-27)42-8-4)43-30-16-11-26(12-17-30)36-33(40)24-9-14-28(15-10-24)39(7-3)29-19-21-35-22-20-29/h9-18,23,25,29,35H,5-8,19-22H2,1-4H3,(H,36,40)(H2,37,38,41). The summed E-state index contributed by atoms with van der Waals surface area (Å²) in [6.45, 7) is 11.6. The van der Waals surface area contributed by atoms with Gasteiger partial charge < -0.3 is 35.6 Å². The molecule has 3 aromatic carbocycles. The van der Waals surface area contributed by atoms with Crippen LogP contribution in [0.4, 0.5) is 21.9 Å². The van der Waals surface area contributed by atoms with E-state index in [0.717, 1.165) is 51.0 Å². The fourth-order valence-corrected chi connectivity index (χ4v) is 5.29. The number of urea groups is 1. The molecule has 3 aromatic rings. The van der Waals surface area contributed by atoms with Crippen LogP contribution in [0.3, 0.4) is 0 Å². The fourth-order valence-electron chi connectivity index (χ4n) is 5.29. The fraction of sp³-hybridized carbons (Fsp3) is 0.412. The SMILES string of the molecule is CCOc1cc(NC(=O)NC(CC)CC)ccc1Oc1ccc(NC(=O)c2ccc(N(CC)C3CCNCC3)cc2)cc1. The number of rotatable bonds is 13. The lowest BCUT2D eigenvalue weighted by molar-refractivity contribution is 0.102. The molecule has 0 radical (unpaired) electrons. The van der Waals surface area contributed by atoms with Gasteiger partial charge in [-0.2, -0.15) is 0 Å². The number of nitrogens with zero attached hydrogens (tertiary/aromatic N) is 1. The number of nitrogens with one attached hydrogen (secondary N) is 4. The van der Waals surface area contributed by atoms with E-state index in [1.807, 2.05) is 45.0 Å². The van der Waals surface area contributed by atoms with E-state index in [0.29, 0.717) is 46.8 Å². The van der Waals surface area contributed by atoms with Gasteiger partial charge in [-0.25, -0.2) is 4.79 Å². The molecule has 9 nitrogen and oxygen atoms in total. The van der Waals surface area contributed by atoms with Crippen molar-refractivity contribution in [2.24, 2.45) is 0 Å². The second kappa shape index (κ2) is 15.8. The molecule has 0 spiro atoms. The van der Waals surface area contributed by atoms with Crippen molar-refractivity contribution >= 4 is 29.0 Å². The molecule has 1 aliphatic heterocycles. The highest BCUT2D eigenvalue weighted by Gasteiger charge is 2.20. The van der Waals surface area contributed by atoms with E-state index in [4.69, 9.17) is 9.47 Å². The average molecular weight is 588 g/mol. The number of carbonyl (C=O) groups excluding carboxylic acids is 2. The van der Waals surface area contributed by atoms with Gasteiger partial charge in [-0.3, -0.25) is 4.79 Å². The normalized spacial score (nSPS) is 13.3. The number of carbonyl (C=O) groups is 2. The third-order valence-corrected chi connectivity index (χ3v) is 7.71. The van der Waals surface area contributed by atoms with Gasteiger partial charge in [0.25, 0.3) is 5.91 Å². The number of benzene rings is 3. The third kappa shape index (κ3) is 8.88. The number of ether oxygens (including phenoxy) is 2. The van der Waals surface area contributed by atoms with Gasteiger partial charge in [0.2, 0.25) is 0 Å². The summed E-state index contributed by atoms with van der Waals surface area (Å²) >= 11 is 0. The lowest BCUT2D eigenvalue weighted by Gasteiger charge is -2.35. The average Bonchev–Trinajstić information content (AvgIpc) is 3.03. The molecule has 0 aromatic heterocycles. The Balaban J connectivity index is 1.35. The summed E-state index contributed by atoms with van der Waals surface area (Å²) in [5, 5.41) is 12.2. The minimum Gasteiger partial charge on any atom is -0.490 e. The second-order valence-electron chi connectivity index (χ2n) is 10.6. The lowest BCUT2D eigenvalue weighted by atomic mass is 10.0. The van der Waals surface area contributed by atoms with Crippen LogP contribution in [0.1, 0.15) is 63.7 Å². The molecule has 230 valence electrons. The minimum absolute atomic E-state index is 0.128. The Hall–Kier alpha value is -4.24. The van der Waals surface area contributed by atoms with E-state index < -0.39 is 0 Å². The van der Waals surface area contributed by atoms with Gasteiger partial charge in [-0.05, 0) is 113 Å². The number of anilines is 3. The van der Waals surface area contributed by atoms with Crippen molar-refractivity contribution in [2.45, 2.75) is 65.5 Å². The molecule has 1 heterocycles. The monoisotopic (exact) mass is 587 g/mol. The molecule has 4 N–H and O–H groups in total. The summed E-state index contributed by atoms with van der Waals surface area (Å²) in [7, 11) is 0. The van der Waals surface area contributed by atoms with Crippen LogP contribution in [0, 0.1) is 0 Å². The zero-order chi connectivity index (χ0) is 30.6. The van der Waals surface area contributed by atoms with Gasteiger partial charge in [0, 0.05) is 47.3 Å². The first-order valence-electron chi connectivity index (χ1n) is 15.4. The van der Waals surface area contributed by atoms with Crippen molar-refractivity contribution in [1.29, 1.82) is 0 Å². The van der Waals surface area contributed by atoms with E-state index in [2.05, 4.69) is 33.1 Å². The van der Waals surface area contributed by atoms with E-state index in [9.17, 15) is 9.59 Å². The molecule has 4 rings (SSSR count). The Labute approximate surface area is 255 Å². The molecule has 0 aliphatic carbocycles.